The summed E-state index contributed by atoms with van der Waals surface area (Å²) in [5.41, 5.74) is 0.00443. The van der Waals surface area contributed by atoms with Crippen molar-refractivity contribution in [2.24, 2.45) is 0 Å². The van der Waals surface area contributed by atoms with Gasteiger partial charge >= 0.3 is 0 Å². The van der Waals surface area contributed by atoms with Gasteiger partial charge in [0.2, 0.25) is 5.78 Å². The topological polar surface area (TPSA) is 108 Å². The van der Waals surface area contributed by atoms with Gasteiger partial charge in [0.1, 0.15) is 11.6 Å². The molecule has 6 heteroatoms. The minimum Gasteiger partial charge on any atom is -0.305 e. The Morgan fingerprint density at radius 3 is 2.76 bits per heavy atom. The van der Waals surface area contributed by atoms with Gasteiger partial charge in [0, 0.05) is 12.1 Å². The standard InChI is InChI=1S/C11H7N3O3/c12-6-9(11(15)7-13)4-8-2-1-3-10(5-8)14(16)17/h1-5,7,13H. The number of carbonyl (C=O) groups excluding carboxylic acids is 1. The van der Waals surface area contributed by atoms with Crippen molar-refractivity contribution in [2.45, 2.75) is 0 Å². The Hall–Kier alpha value is -2.81. The maximum absolute atomic E-state index is 11.1. The molecule has 0 unspecified atom stereocenters. The van der Waals surface area contributed by atoms with Crippen LogP contribution in [0, 0.1) is 26.9 Å². The molecular weight excluding hydrogens is 222 g/mol. The van der Waals surface area contributed by atoms with Crippen LogP contribution in [0.3, 0.4) is 0 Å². The lowest BCUT2D eigenvalue weighted by atomic mass is 10.1. The lowest BCUT2D eigenvalue weighted by molar-refractivity contribution is -0.384. The molecule has 0 atom stereocenters. The van der Waals surface area contributed by atoms with Crippen LogP contribution in [-0.4, -0.2) is 16.9 Å². The number of ketones is 1. The summed E-state index contributed by atoms with van der Waals surface area (Å²) >= 11 is 0. The fraction of sp³-hybridized carbons (Fsp3) is 0. The van der Waals surface area contributed by atoms with Gasteiger partial charge in [-0.25, -0.2) is 0 Å². The fourth-order valence-corrected chi connectivity index (χ4v) is 1.13. The Bertz CT molecular complexity index is 555. The molecule has 0 radical (unpaired) electrons. The number of nitrogens with zero attached hydrogens (tertiary/aromatic N) is 2. The molecule has 1 N–H and O–H groups in total. The van der Waals surface area contributed by atoms with E-state index < -0.39 is 10.7 Å². The minimum absolute atomic E-state index is 0.127. The third-order valence-corrected chi connectivity index (χ3v) is 1.91. The summed E-state index contributed by atoms with van der Waals surface area (Å²) in [7, 11) is 0. The molecule has 0 bridgehead atoms. The predicted octanol–water partition coefficient (Wildman–Crippen LogP) is 1.72. The SMILES string of the molecule is N#CC(=Cc1cccc([N+](=O)[O-])c1)C(=O)C=N. The second-order valence-corrected chi connectivity index (χ2v) is 3.03. The zero-order chi connectivity index (χ0) is 12.8. The maximum atomic E-state index is 11.1. The van der Waals surface area contributed by atoms with E-state index in [0.29, 0.717) is 11.8 Å². The number of nitriles is 1. The first-order chi connectivity index (χ1) is 8.08. The second kappa shape index (κ2) is 5.32. The van der Waals surface area contributed by atoms with Crippen LogP contribution in [-0.2, 0) is 4.79 Å². The Morgan fingerprint density at radius 1 is 1.53 bits per heavy atom. The predicted molar refractivity (Wildman–Crippen MR) is 60.5 cm³/mol. The zero-order valence-electron chi connectivity index (χ0n) is 8.58. The first-order valence-electron chi connectivity index (χ1n) is 4.49. The molecule has 0 amide bonds. The Morgan fingerprint density at radius 2 is 2.24 bits per heavy atom. The third kappa shape index (κ3) is 3.07. The van der Waals surface area contributed by atoms with Crippen molar-refractivity contribution >= 4 is 23.8 Å². The normalized spacial score (nSPS) is 10.4. The number of nitro benzene ring substituents is 1. The van der Waals surface area contributed by atoms with E-state index in [1.165, 1.54) is 30.3 Å². The van der Waals surface area contributed by atoms with Crippen LogP contribution in [0.4, 0.5) is 5.69 Å². The molecule has 0 aliphatic rings. The molecule has 0 fully saturated rings. The van der Waals surface area contributed by atoms with Crippen molar-refractivity contribution in [3.63, 3.8) is 0 Å². The highest BCUT2D eigenvalue weighted by molar-refractivity contribution is 6.36. The minimum atomic E-state index is -0.737. The molecule has 0 aliphatic carbocycles. The van der Waals surface area contributed by atoms with Crippen molar-refractivity contribution in [1.82, 2.24) is 0 Å². The smallest absolute Gasteiger partial charge is 0.270 e. The molecule has 0 saturated heterocycles. The van der Waals surface area contributed by atoms with Gasteiger partial charge in [0.15, 0.2) is 0 Å². The Balaban J connectivity index is 3.17. The summed E-state index contributed by atoms with van der Waals surface area (Å²) in [6.07, 6.45) is 1.73. The molecule has 0 saturated carbocycles. The third-order valence-electron chi connectivity index (χ3n) is 1.91. The van der Waals surface area contributed by atoms with Crippen molar-refractivity contribution in [3.05, 3.63) is 45.5 Å². The average molecular weight is 229 g/mol. The number of allylic oxidation sites excluding steroid dienone is 1. The van der Waals surface area contributed by atoms with E-state index in [9.17, 15) is 14.9 Å². The number of carbonyl (C=O) groups is 1. The van der Waals surface area contributed by atoms with Crippen molar-refractivity contribution in [1.29, 1.82) is 10.7 Å². The molecule has 6 nitrogen and oxygen atoms in total. The summed E-state index contributed by atoms with van der Waals surface area (Å²) in [4.78, 5) is 21.0. The number of nitro groups is 1. The number of rotatable bonds is 4. The zero-order valence-corrected chi connectivity index (χ0v) is 8.58. The quantitative estimate of drug-likeness (QED) is 0.278. The summed E-state index contributed by atoms with van der Waals surface area (Å²) in [5.74, 6) is -0.737. The largest absolute Gasteiger partial charge is 0.305 e. The lowest BCUT2D eigenvalue weighted by Crippen LogP contribution is -2.00. The van der Waals surface area contributed by atoms with Crippen LogP contribution in [0.1, 0.15) is 5.56 Å². The number of benzene rings is 1. The van der Waals surface area contributed by atoms with Crippen LogP contribution in [0.2, 0.25) is 0 Å². The number of Topliss-reactive ketones (excluding diaryl/α,β-unsaturated/α-hetero) is 1. The molecule has 84 valence electrons. The number of hydrogen-bond donors (Lipinski definition) is 1. The molecule has 1 aromatic rings. The van der Waals surface area contributed by atoms with Gasteiger partial charge in [-0.3, -0.25) is 14.9 Å². The number of non-ortho nitro benzene ring substituents is 1. The highest BCUT2D eigenvalue weighted by Gasteiger charge is 2.08. The summed E-state index contributed by atoms with van der Waals surface area (Å²) in [5, 5.41) is 26.0. The summed E-state index contributed by atoms with van der Waals surface area (Å²) in [6.45, 7) is 0. The van der Waals surface area contributed by atoms with E-state index >= 15 is 0 Å². The molecule has 0 spiro atoms. The highest BCUT2D eigenvalue weighted by atomic mass is 16.6. The molecule has 0 aromatic heterocycles. The van der Waals surface area contributed by atoms with E-state index in [0.717, 1.165) is 0 Å². The van der Waals surface area contributed by atoms with Crippen LogP contribution >= 0.6 is 0 Å². The van der Waals surface area contributed by atoms with Gasteiger partial charge in [-0.05, 0) is 11.6 Å². The van der Waals surface area contributed by atoms with E-state index in [2.05, 4.69) is 0 Å². The van der Waals surface area contributed by atoms with E-state index in [4.69, 9.17) is 10.7 Å². The molecular formula is C11H7N3O3. The Labute approximate surface area is 96.5 Å². The van der Waals surface area contributed by atoms with Crippen molar-refractivity contribution in [3.8, 4) is 6.07 Å². The van der Waals surface area contributed by atoms with Crippen LogP contribution in [0.25, 0.3) is 6.08 Å². The van der Waals surface area contributed by atoms with Crippen LogP contribution in [0.5, 0.6) is 0 Å². The monoisotopic (exact) mass is 229 g/mol. The summed E-state index contributed by atoms with van der Waals surface area (Å²) in [6, 6.07) is 7.17. The number of hydrogen-bond acceptors (Lipinski definition) is 5. The van der Waals surface area contributed by atoms with Crippen LogP contribution in [0.15, 0.2) is 29.8 Å². The van der Waals surface area contributed by atoms with Crippen LogP contribution < -0.4 is 0 Å². The average Bonchev–Trinajstić information content (AvgIpc) is 2.35. The van der Waals surface area contributed by atoms with Crippen molar-refractivity contribution < 1.29 is 9.72 Å². The van der Waals surface area contributed by atoms with Gasteiger partial charge in [0.05, 0.1) is 11.1 Å². The van der Waals surface area contributed by atoms with Crippen molar-refractivity contribution in [2.75, 3.05) is 0 Å². The molecule has 17 heavy (non-hydrogen) atoms. The molecule has 1 aromatic carbocycles. The maximum Gasteiger partial charge on any atom is 0.270 e. The van der Waals surface area contributed by atoms with E-state index in [-0.39, 0.29) is 11.3 Å². The molecule has 1 rings (SSSR count). The van der Waals surface area contributed by atoms with E-state index in [1.54, 1.807) is 6.07 Å². The lowest BCUT2D eigenvalue weighted by Gasteiger charge is -1.95. The second-order valence-electron chi connectivity index (χ2n) is 3.03. The van der Waals surface area contributed by atoms with Gasteiger partial charge in [-0.15, -0.1) is 0 Å². The summed E-state index contributed by atoms with van der Waals surface area (Å²) < 4.78 is 0. The molecule has 0 heterocycles. The van der Waals surface area contributed by atoms with Gasteiger partial charge in [0.25, 0.3) is 5.69 Å². The first kappa shape index (κ1) is 12.3. The fourth-order valence-electron chi connectivity index (χ4n) is 1.13. The highest BCUT2D eigenvalue weighted by Crippen LogP contribution is 2.15. The first-order valence-corrected chi connectivity index (χ1v) is 4.49. The van der Waals surface area contributed by atoms with E-state index in [1.807, 2.05) is 0 Å². The van der Waals surface area contributed by atoms with Gasteiger partial charge < -0.3 is 5.41 Å². The number of nitrogens with one attached hydrogen (secondary N) is 1. The Kier molecular flexibility index (Phi) is 3.84. The van der Waals surface area contributed by atoms with Gasteiger partial charge in [-0.1, -0.05) is 12.1 Å². The molecule has 0 aliphatic heterocycles. The van der Waals surface area contributed by atoms with Gasteiger partial charge in [-0.2, -0.15) is 5.26 Å².